The molecule has 0 aliphatic rings. The van der Waals surface area contributed by atoms with Gasteiger partial charge in [-0.05, 0) is 24.3 Å². The number of nitrogens with two attached hydrogens (primary N) is 1. The quantitative estimate of drug-likeness (QED) is 0.747. The van der Waals surface area contributed by atoms with Gasteiger partial charge in [-0.15, -0.1) is 0 Å². The largest absolute Gasteiger partial charge is 0.484 e. The molecule has 1 aromatic carbocycles. The van der Waals surface area contributed by atoms with E-state index in [1.807, 2.05) is 10.8 Å². The number of anilines is 1. The fourth-order valence-corrected chi connectivity index (χ4v) is 1.51. The van der Waals surface area contributed by atoms with Crippen LogP contribution in [0.5, 0.6) is 5.75 Å². The van der Waals surface area contributed by atoms with E-state index in [0.717, 1.165) is 0 Å². The van der Waals surface area contributed by atoms with Gasteiger partial charge in [-0.1, -0.05) is 0 Å². The van der Waals surface area contributed by atoms with E-state index < -0.39 is 0 Å². The summed E-state index contributed by atoms with van der Waals surface area (Å²) in [5.41, 5.74) is 6.22. The molecule has 1 heterocycles. The normalized spacial score (nSPS) is 10.1. The smallest absolute Gasteiger partial charge is 0.258 e. The fraction of sp³-hybridized carbons (Fsp3) is 0.231. The third-order valence-corrected chi connectivity index (χ3v) is 2.50. The summed E-state index contributed by atoms with van der Waals surface area (Å²) in [6.07, 6.45) is 5.25. The highest BCUT2D eigenvalue weighted by molar-refractivity contribution is 5.77. The zero-order chi connectivity index (χ0) is 13.5. The van der Waals surface area contributed by atoms with Crippen LogP contribution in [0.4, 0.5) is 5.69 Å². The van der Waals surface area contributed by atoms with Gasteiger partial charge in [-0.25, -0.2) is 4.98 Å². The number of carbonyl (C=O) groups is 1. The molecule has 0 aliphatic heterocycles. The minimum absolute atomic E-state index is 0.00610. The molecule has 6 nitrogen and oxygen atoms in total. The molecular weight excluding hydrogens is 244 g/mol. The maximum Gasteiger partial charge on any atom is 0.258 e. The molecule has 0 atom stereocenters. The molecule has 6 heteroatoms. The highest BCUT2D eigenvalue weighted by Crippen LogP contribution is 2.12. The van der Waals surface area contributed by atoms with Gasteiger partial charge in [-0.2, -0.15) is 0 Å². The number of nitrogen functional groups attached to an aromatic ring is 1. The van der Waals surface area contributed by atoms with Gasteiger partial charge in [0.25, 0.3) is 5.91 Å². The van der Waals surface area contributed by atoms with Gasteiger partial charge in [-0.3, -0.25) is 4.79 Å². The Hall–Kier alpha value is -2.50. The lowest BCUT2D eigenvalue weighted by Gasteiger charge is -2.08. The second-order valence-electron chi connectivity index (χ2n) is 4.01. The summed E-state index contributed by atoms with van der Waals surface area (Å²) < 4.78 is 7.21. The Morgan fingerprint density at radius 2 is 2.16 bits per heavy atom. The topological polar surface area (TPSA) is 82.2 Å². The third-order valence-electron chi connectivity index (χ3n) is 2.50. The van der Waals surface area contributed by atoms with Gasteiger partial charge in [0.1, 0.15) is 5.75 Å². The van der Waals surface area contributed by atoms with Crippen LogP contribution in [0.3, 0.4) is 0 Å². The van der Waals surface area contributed by atoms with Crippen LogP contribution < -0.4 is 15.8 Å². The number of nitrogens with zero attached hydrogens (tertiary/aromatic N) is 2. The highest BCUT2D eigenvalue weighted by Gasteiger charge is 2.02. The highest BCUT2D eigenvalue weighted by atomic mass is 16.5. The summed E-state index contributed by atoms with van der Waals surface area (Å²) in [5, 5.41) is 2.77. The van der Waals surface area contributed by atoms with Crippen molar-refractivity contribution in [2.24, 2.45) is 0 Å². The SMILES string of the molecule is Nc1ccc(OCC(=O)NCCn2ccnc2)cc1. The molecule has 2 aromatic rings. The Kier molecular flexibility index (Phi) is 4.39. The summed E-state index contributed by atoms with van der Waals surface area (Å²) in [4.78, 5) is 15.4. The average molecular weight is 260 g/mol. The number of ether oxygens (including phenoxy) is 1. The van der Waals surface area contributed by atoms with Crippen LogP contribution in [-0.4, -0.2) is 28.6 Å². The van der Waals surface area contributed by atoms with E-state index in [2.05, 4.69) is 10.3 Å². The van der Waals surface area contributed by atoms with E-state index in [1.54, 1.807) is 36.8 Å². The summed E-state index contributed by atoms with van der Waals surface area (Å²) >= 11 is 0. The Bertz CT molecular complexity index is 508. The van der Waals surface area contributed by atoms with Gasteiger partial charge in [0, 0.05) is 31.2 Å². The predicted molar refractivity (Wildman–Crippen MR) is 71.6 cm³/mol. The molecule has 1 aromatic heterocycles. The van der Waals surface area contributed by atoms with E-state index in [4.69, 9.17) is 10.5 Å². The molecule has 0 saturated heterocycles. The van der Waals surface area contributed by atoms with Crippen molar-refractivity contribution in [3.8, 4) is 5.75 Å². The molecule has 3 N–H and O–H groups in total. The van der Waals surface area contributed by atoms with Crippen molar-refractivity contribution >= 4 is 11.6 Å². The van der Waals surface area contributed by atoms with Crippen LogP contribution in [0.25, 0.3) is 0 Å². The molecule has 0 spiro atoms. The van der Waals surface area contributed by atoms with Crippen LogP contribution in [0.15, 0.2) is 43.0 Å². The number of hydrogen-bond acceptors (Lipinski definition) is 4. The van der Waals surface area contributed by atoms with Crippen molar-refractivity contribution in [1.82, 2.24) is 14.9 Å². The number of benzene rings is 1. The van der Waals surface area contributed by atoms with E-state index >= 15 is 0 Å². The first-order valence-corrected chi connectivity index (χ1v) is 5.95. The molecule has 1 amide bonds. The molecular formula is C13H16N4O2. The lowest BCUT2D eigenvalue weighted by atomic mass is 10.3. The molecule has 2 rings (SSSR count). The van der Waals surface area contributed by atoms with Crippen molar-refractivity contribution in [2.75, 3.05) is 18.9 Å². The van der Waals surface area contributed by atoms with Crippen LogP contribution >= 0.6 is 0 Å². The first kappa shape index (κ1) is 12.9. The van der Waals surface area contributed by atoms with Gasteiger partial charge in [0.2, 0.25) is 0 Å². The maximum absolute atomic E-state index is 11.5. The number of amides is 1. The van der Waals surface area contributed by atoms with Crippen LogP contribution in [0, 0.1) is 0 Å². The van der Waals surface area contributed by atoms with Crippen molar-refractivity contribution in [2.45, 2.75) is 6.54 Å². The minimum atomic E-state index is -0.156. The summed E-state index contributed by atoms with van der Waals surface area (Å²) in [6.45, 7) is 1.22. The second kappa shape index (κ2) is 6.44. The number of nitrogens with one attached hydrogen (secondary N) is 1. The molecule has 0 radical (unpaired) electrons. The van der Waals surface area contributed by atoms with Crippen LogP contribution in [0.2, 0.25) is 0 Å². The monoisotopic (exact) mass is 260 g/mol. The standard InChI is InChI=1S/C13H16N4O2/c14-11-1-3-12(4-2-11)19-9-13(18)16-6-8-17-7-5-15-10-17/h1-5,7,10H,6,8-9,14H2,(H,16,18). The number of aromatic nitrogens is 2. The number of rotatable bonds is 6. The Balaban J connectivity index is 1.65. The molecule has 19 heavy (non-hydrogen) atoms. The lowest BCUT2D eigenvalue weighted by Crippen LogP contribution is -2.31. The van der Waals surface area contributed by atoms with Gasteiger partial charge >= 0.3 is 0 Å². The molecule has 0 fully saturated rings. The lowest BCUT2D eigenvalue weighted by molar-refractivity contribution is -0.123. The third kappa shape index (κ3) is 4.34. The van der Waals surface area contributed by atoms with E-state index in [0.29, 0.717) is 24.5 Å². The van der Waals surface area contributed by atoms with Crippen molar-refractivity contribution in [3.63, 3.8) is 0 Å². The number of carbonyl (C=O) groups excluding carboxylic acids is 1. The zero-order valence-corrected chi connectivity index (χ0v) is 10.5. The first-order chi connectivity index (χ1) is 9.24. The summed E-state index contributed by atoms with van der Waals surface area (Å²) in [5.74, 6) is 0.468. The summed E-state index contributed by atoms with van der Waals surface area (Å²) in [7, 11) is 0. The molecule has 0 bridgehead atoms. The molecule has 0 aliphatic carbocycles. The van der Waals surface area contributed by atoms with Crippen molar-refractivity contribution in [1.29, 1.82) is 0 Å². The van der Waals surface area contributed by atoms with E-state index in [1.165, 1.54) is 0 Å². The average Bonchev–Trinajstić information content (AvgIpc) is 2.91. The Morgan fingerprint density at radius 3 is 2.84 bits per heavy atom. The van der Waals surface area contributed by atoms with Crippen molar-refractivity contribution in [3.05, 3.63) is 43.0 Å². The van der Waals surface area contributed by atoms with E-state index in [-0.39, 0.29) is 12.5 Å². The second-order valence-corrected chi connectivity index (χ2v) is 4.01. The fourth-order valence-electron chi connectivity index (χ4n) is 1.51. The van der Waals surface area contributed by atoms with Crippen LogP contribution in [-0.2, 0) is 11.3 Å². The molecule has 100 valence electrons. The number of hydrogen-bond donors (Lipinski definition) is 2. The van der Waals surface area contributed by atoms with Gasteiger partial charge in [0.15, 0.2) is 6.61 Å². The van der Waals surface area contributed by atoms with Crippen molar-refractivity contribution < 1.29 is 9.53 Å². The predicted octanol–water partition coefficient (Wildman–Crippen LogP) is 0.660. The summed E-state index contributed by atoms with van der Waals surface area (Å²) in [6, 6.07) is 6.92. The Labute approximate surface area is 111 Å². The van der Waals surface area contributed by atoms with Crippen LogP contribution in [0.1, 0.15) is 0 Å². The van der Waals surface area contributed by atoms with Gasteiger partial charge in [0.05, 0.1) is 6.33 Å². The number of imidazole rings is 1. The molecule has 0 saturated carbocycles. The zero-order valence-electron chi connectivity index (χ0n) is 10.5. The molecule has 0 unspecified atom stereocenters. The maximum atomic E-state index is 11.5. The van der Waals surface area contributed by atoms with Gasteiger partial charge < -0.3 is 20.4 Å². The first-order valence-electron chi connectivity index (χ1n) is 5.95. The Morgan fingerprint density at radius 1 is 1.37 bits per heavy atom. The minimum Gasteiger partial charge on any atom is -0.484 e. The van der Waals surface area contributed by atoms with E-state index in [9.17, 15) is 4.79 Å².